The number of rotatable bonds is 6. The zero-order chi connectivity index (χ0) is 26.1. The summed E-state index contributed by atoms with van der Waals surface area (Å²) in [5.74, 6) is -2.89. The molecule has 0 radical (unpaired) electrons. The number of benzene rings is 1. The third-order valence-corrected chi connectivity index (χ3v) is 6.63. The zero-order valence-electron chi connectivity index (χ0n) is 19.1. The number of anilines is 1. The smallest absolute Gasteiger partial charge is 0.321 e. The molecule has 0 bridgehead atoms. The van der Waals surface area contributed by atoms with Crippen LogP contribution in [0.15, 0.2) is 35.0 Å². The minimum absolute atomic E-state index is 0.0231. The quantitative estimate of drug-likeness (QED) is 0.399. The Kier molecular flexibility index (Phi) is 7.44. The third kappa shape index (κ3) is 5.28. The van der Waals surface area contributed by atoms with Crippen LogP contribution in [0.25, 0.3) is 11.4 Å². The Labute approximate surface area is 214 Å². The van der Waals surface area contributed by atoms with Gasteiger partial charge in [-0.1, -0.05) is 35.3 Å². The fraction of sp³-hybridized carbons (Fsp3) is 0.391. The number of aliphatic hydroxyl groups excluding tert-OH is 1. The van der Waals surface area contributed by atoms with Crippen molar-refractivity contribution in [2.24, 2.45) is 0 Å². The SMILES string of the molecule is CCC(F)(F)c1ccc(NC(=O)N2CCC(F)(c3ncc(-c4noc(CO)n4)cc3Cl)CC2)cc1Cl. The van der Waals surface area contributed by atoms with Crippen molar-refractivity contribution in [3.8, 4) is 11.4 Å². The Morgan fingerprint density at radius 2 is 1.97 bits per heavy atom. The van der Waals surface area contributed by atoms with Gasteiger partial charge in [0.05, 0.1) is 15.7 Å². The van der Waals surface area contributed by atoms with Crippen molar-refractivity contribution in [2.45, 2.75) is 44.4 Å². The second-order valence-electron chi connectivity index (χ2n) is 8.36. The molecule has 0 saturated carbocycles. The lowest BCUT2D eigenvalue weighted by Crippen LogP contribution is -2.45. The van der Waals surface area contributed by atoms with Crippen LogP contribution in [0.4, 0.5) is 23.7 Å². The van der Waals surface area contributed by atoms with Crippen molar-refractivity contribution in [1.29, 1.82) is 0 Å². The van der Waals surface area contributed by atoms with Gasteiger partial charge in [-0.15, -0.1) is 0 Å². The molecule has 1 aliphatic rings. The third-order valence-electron chi connectivity index (χ3n) is 6.03. The number of hydrogen-bond acceptors (Lipinski definition) is 6. The molecule has 1 fully saturated rings. The van der Waals surface area contributed by atoms with E-state index in [1.54, 1.807) is 0 Å². The van der Waals surface area contributed by atoms with Crippen LogP contribution in [0.2, 0.25) is 10.0 Å². The predicted molar refractivity (Wildman–Crippen MR) is 127 cm³/mol. The van der Waals surface area contributed by atoms with Gasteiger partial charge in [-0.2, -0.15) is 4.98 Å². The molecule has 36 heavy (non-hydrogen) atoms. The number of nitrogens with one attached hydrogen (secondary N) is 1. The van der Waals surface area contributed by atoms with Crippen LogP contribution in [0.3, 0.4) is 0 Å². The van der Waals surface area contributed by atoms with E-state index in [-0.39, 0.29) is 64.6 Å². The number of nitrogens with zero attached hydrogens (tertiary/aromatic N) is 4. The molecule has 2 aromatic heterocycles. The number of aliphatic hydroxyl groups is 1. The van der Waals surface area contributed by atoms with E-state index in [2.05, 4.69) is 20.4 Å². The summed E-state index contributed by atoms with van der Waals surface area (Å²) in [5.41, 5.74) is -1.49. The van der Waals surface area contributed by atoms with E-state index < -0.39 is 30.7 Å². The number of aromatic nitrogens is 3. The number of urea groups is 1. The molecule has 4 rings (SSSR count). The number of carbonyl (C=O) groups excluding carboxylic acids is 1. The summed E-state index contributed by atoms with van der Waals surface area (Å²) in [6, 6.07) is 4.76. The summed E-state index contributed by atoms with van der Waals surface area (Å²) in [7, 11) is 0. The monoisotopic (exact) mass is 543 g/mol. The Morgan fingerprint density at radius 1 is 1.25 bits per heavy atom. The van der Waals surface area contributed by atoms with E-state index in [0.29, 0.717) is 5.56 Å². The number of carbonyl (C=O) groups is 1. The number of piperidine rings is 1. The van der Waals surface area contributed by atoms with E-state index in [0.717, 1.165) is 0 Å². The van der Waals surface area contributed by atoms with Crippen LogP contribution in [-0.2, 0) is 18.2 Å². The summed E-state index contributed by atoms with van der Waals surface area (Å²) in [4.78, 5) is 22.2. The van der Waals surface area contributed by atoms with E-state index in [4.69, 9.17) is 32.8 Å². The van der Waals surface area contributed by atoms with Crippen LogP contribution in [0.1, 0.15) is 43.3 Å². The Balaban J connectivity index is 1.40. The largest absolute Gasteiger partial charge is 0.387 e. The Morgan fingerprint density at radius 3 is 2.56 bits per heavy atom. The molecule has 13 heteroatoms. The lowest BCUT2D eigenvalue weighted by molar-refractivity contribution is -0.00815. The molecule has 2 amide bonds. The fourth-order valence-electron chi connectivity index (χ4n) is 3.91. The maximum Gasteiger partial charge on any atom is 0.321 e. The van der Waals surface area contributed by atoms with Crippen molar-refractivity contribution in [2.75, 3.05) is 18.4 Å². The first-order valence-electron chi connectivity index (χ1n) is 11.1. The van der Waals surface area contributed by atoms with Crippen molar-refractivity contribution < 1.29 is 27.6 Å². The van der Waals surface area contributed by atoms with Gasteiger partial charge in [0.25, 0.3) is 11.8 Å². The molecule has 192 valence electrons. The number of halogens is 5. The van der Waals surface area contributed by atoms with E-state index in [9.17, 15) is 13.6 Å². The first kappa shape index (κ1) is 26.2. The first-order valence-corrected chi connectivity index (χ1v) is 11.8. The summed E-state index contributed by atoms with van der Waals surface area (Å²) in [6.07, 6.45) is 0.862. The number of alkyl halides is 3. The predicted octanol–water partition coefficient (Wildman–Crippen LogP) is 5.93. The van der Waals surface area contributed by atoms with Crippen molar-refractivity contribution in [1.82, 2.24) is 20.0 Å². The van der Waals surface area contributed by atoms with Gasteiger partial charge in [0, 0.05) is 55.4 Å². The number of amides is 2. The number of pyridine rings is 1. The van der Waals surface area contributed by atoms with Gasteiger partial charge in [-0.25, -0.2) is 18.0 Å². The van der Waals surface area contributed by atoms with Crippen molar-refractivity contribution >= 4 is 34.9 Å². The lowest BCUT2D eigenvalue weighted by atomic mass is 9.89. The van der Waals surface area contributed by atoms with Crippen LogP contribution < -0.4 is 5.32 Å². The van der Waals surface area contributed by atoms with Gasteiger partial charge in [-0.05, 0) is 24.3 Å². The average molecular weight is 544 g/mol. The summed E-state index contributed by atoms with van der Waals surface area (Å²) < 4.78 is 48.5. The number of hydrogen-bond donors (Lipinski definition) is 2. The van der Waals surface area contributed by atoms with Gasteiger partial charge in [0.2, 0.25) is 5.82 Å². The van der Waals surface area contributed by atoms with Crippen molar-refractivity contribution in [3.05, 3.63) is 57.7 Å². The summed E-state index contributed by atoms with van der Waals surface area (Å²) in [6.45, 7) is 1.09. The molecule has 2 N–H and O–H groups in total. The molecule has 0 atom stereocenters. The van der Waals surface area contributed by atoms with Gasteiger partial charge in [0.1, 0.15) is 6.61 Å². The molecule has 1 aliphatic heterocycles. The normalized spacial score (nSPS) is 15.7. The molecule has 1 aromatic carbocycles. The first-order chi connectivity index (χ1) is 17.1. The standard InChI is InChI=1S/C23H22Cl2F3N5O3/c1-2-23(27,28)15-4-3-14(10-16(15)24)30-21(35)33-7-5-22(26,6-8-33)19-17(25)9-13(11-29-19)20-31-18(12-34)36-32-20/h3-4,9-11,34H,2,5-8,12H2,1H3,(H,30,35). The van der Waals surface area contributed by atoms with E-state index in [1.165, 1.54) is 42.3 Å². The van der Waals surface area contributed by atoms with Crippen LogP contribution in [0.5, 0.6) is 0 Å². The zero-order valence-corrected chi connectivity index (χ0v) is 20.6. The highest BCUT2D eigenvalue weighted by Crippen LogP contribution is 2.41. The molecule has 3 aromatic rings. The summed E-state index contributed by atoms with van der Waals surface area (Å²) in [5, 5.41) is 15.3. The molecular formula is C23H22Cl2F3N5O3. The van der Waals surface area contributed by atoms with Crippen LogP contribution in [0, 0.1) is 0 Å². The molecule has 8 nitrogen and oxygen atoms in total. The topological polar surface area (TPSA) is 104 Å². The maximum atomic E-state index is 15.8. The minimum atomic E-state index is -3.07. The average Bonchev–Trinajstić information content (AvgIpc) is 3.33. The van der Waals surface area contributed by atoms with Gasteiger partial charge >= 0.3 is 6.03 Å². The highest BCUT2D eigenvalue weighted by Gasteiger charge is 2.40. The maximum absolute atomic E-state index is 15.8. The number of likely N-dealkylation sites (tertiary alicyclic amines) is 1. The summed E-state index contributed by atoms with van der Waals surface area (Å²) >= 11 is 12.3. The highest BCUT2D eigenvalue weighted by atomic mass is 35.5. The van der Waals surface area contributed by atoms with Crippen LogP contribution >= 0.6 is 23.2 Å². The lowest BCUT2D eigenvalue weighted by Gasteiger charge is -2.36. The molecule has 0 spiro atoms. The van der Waals surface area contributed by atoms with Crippen LogP contribution in [-0.4, -0.2) is 44.3 Å². The fourth-order valence-corrected chi connectivity index (χ4v) is 4.56. The Hall–Kier alpha value is -2.89. The van der Waals surface area contributed by atoms with Gasteiger partial charge < -0.3 is 19.8 Å². The molecule has 0 unspecified atom stereocenters. The van der Waals surface area contributed by atoms with Gasteiger partial charge in [-0.3, -0.25) is 4.98 Å². The molecule has 3 heterocycles. The van der Waals surface area contributed by atoms with Gasteiger partial charge in [0.15, 0.2) is 5.67 Å². The highest BCUT2D eigenvalue weighted by molar-refractivity contribution is 6.32. The molecular weight excluding hydrogens is 522 g/mol. The molecule has 0 aliphatic carbocycles. The Bertz CT molecular complexity index is 1270. The second-order valence-corrected chi connectivity index (χ2v) is 9.17. The second kappa shape index (κ2) is 10.2. The van der Waals surface area contributed by atoms with Crippen molar-refractivity contribution in [3.63, 3.8) is 0 Å². The molecule has 1 saturated heterocycles. The van der Waals surface area contributed by atoms with E-state index >= 15 is 4.39 Å². The minimum Gasteiger partial charge on any atom is -0.387 e. The van der Waals surface area contributed by atoms with E-state index in [1.807, 2.05) is 0 Å².